The highest BCUT2D eigenvalue weighted by Gasteiger charge is 2.10. The van der Waals surface area contributed by atoms with E-state index < -0.39 is 0 Å². The molecule has 0 saturated carbocycles. The smallest absolute Gasteiger partial charge is 0.177 e. The topological polar surface area (TPSA) is 43.6 Å². The summed E-state index contributed by atoms with van der Waals surface area (Å²) < 4.78 is 1.52. The summed E-state index contributed by atoms with van der Waals surface area (Å²) in [5.41, 5.74) is 1.77. The molecule has 0 aliphatic rings. The number of aromatic nitrogens is 4. The first-order valence-corrected chi connectivity index (χ1v) is 6.30. The second-order valence-electron chi connectivity index (χ2n) is 3.84. The van der Waals surface area contributed by atoms with E-state index in [2.05, 4.69) is 15.3 Å². The molecule has 0 fully saturated rings. The highest BCUT2D eigenvalue weighted by molar-refractivity contribution is 6.30. The van der Waals surface area contributed by atoms with Gasteiger partial charge in [-0.2, -0.15) is 5.10 Å². The first-order chi connectivity index (χ1) is 9.24. The van der Waals surface area contributed by atoms with Crippen molar-refractivity contribution >= 4 is 23.2 Å². The van der Waals surface area contributed by atoms with E-state index >= 15 is 0 Å². The van der Waals surface area contributed by atoms with E-state index in [0.717, 1.165) is 11.3 Å². The molecule has 4 nitrogen and oxygen atoms in total. The van der Waals surface area contributed by atoms with E-state index in [1.54, 1.807) is 18.2 Å². The maximum atomic E-state index is 6.17. The van der Waals surface area contributed by atoms with Crippen LogP contribution >= 0.6 is 23.2 Å². The van der Waals surface area contributed by atoms with E-state index in [-0.39, 0.29) is 0 Å². The fraction of sp³-hybridized carbons (Fsp3) is 0. The molecule has 19 heavy (non-hydrogen) atoms. The predicted molar refractivity (Wildman–Crippen MR) is 74.6 cm³/mol. The van der Waals surface area contributed by atoms with Crippen LogP contribution in [0.2, 0.25) is 10.3 Å². The normalized spacial score (nSPS) is 10.6. The van der Waals surface area contributed by atoms with Gasteiger partial charge < -0.3 is 0 Å². The van der Waals surface area contributed by atoms with E-state index in [4.69, 9.17) is 23.2 Å². The molecule has 0 amide bonds. The predicted octanol–water partition coefficient (Wildman–Crippen LogP) is 3.64. The molecule has 0 aliphatic carbocycles. The minimum absolute atomic E-state index is 0.329. The average Bonchev–Trinajstić information content (AvgIpc) is 2.83. The Balaban J connectivity index is 2.05. The van der Waals surface area contributed by atoms with Crippen LogP contribution in [-0.2, 0) is 0 Å². The van der Waals surface area contributed by atoms with Crippen LogP contribution in [0.25, 0.3) is 17.1 Å². The molecule has 0 spiro atoms. The minimum Gasteiger partial charge on any atom is -0.201 e. The summed E-state index contributed by atoms with van der Waals surface area (Å²) in [7, 11) is 0. The molecule has 0 atom stereocenters. The zero-order valence-electron chi connectivity index (χ0n) is 9.66. The second-order valence-corrected chi connectivity index (χ2v) is 4.62. The standard InChI is InChI=1S/C13H8Cl2N4/c14-11-6-7-13(17-16-11)19-12(15)8-10(18-19)9-4-2-1-3-5-9/h1-8H. The summed E-state index contributed by atoms with van der Waals surface area (Å²) in [6.07, 6.45) is 0. The van der Waals surface area contributed by atoms with Crippen LogP contribution < -0.4 is 0 Å². The highest BCUT2D eigenvalue weighted by Crippen LogP contribution is 2.23. The summed E-state index contributed by atoms with van der Waals surface area (Å²) in [6.45, 7) is 0. The van der Waals surface area contributed by atoms with E-state index in [0.29, 0.717) is 16.1 Å². The van der Waals surface area contributed by atoms with E-state index in [1.807, 2.05) is 30.3 Å². The fourth-order valence-electron chi connectivity index (χ4n) is 1.69. The Morgan fingerprint density at radius 2 is 1.68 bits per heavy atom. The first kappa shape index (κ1) is 12.1. The minimum atomic E-state index is 0.329. The third kappa shape index (κ3) is 2.45. The highest BCUT2D eigenvalue weighted by atomic mass is 35.5. The average molecular weight is 291 g/mol. The SMILES string of the molecule is Clc1ccc(-n2nc(-c3ccccc3)cc2Cl)nn1. The number of hydrogen-bond acceptors (Lipinski definition) is 3. The van der Waals surface area contributed by atoms with Gasteiger partial charge >= 0.3 is 0 Å². The zero-order chi connectivity index (χ0) is 13.2. The van der Waals surface area contributed by atoms with Crippen molar-refractivity contribution in [2.24, 2.45) is 0 Å². The Bertz CT molecular complexity index is 692. The molecule has 3 aromatic rings. The number of benzene rings is 1. The molecular weight excluding hydrogens is 283 g/mol. The summed E-state index contributed by atoms with van der Waals surface area (Å²) in [5.74, 6) is 0.525. The lowest BCUT2D eigenvalue weighted by Gasteiger charge is -2.00. The third-order valence-electron chi connectivity index (χ3n) is 2.57. The van der Waals surface area contributed by atoms with Gasteiger partial charge in [0.05, 0.1) is 5.69 Å². The number of halogens is 2. The molecule has 1 aromatic carbocycles. The van der Waals surface area contributed by atoms with Crippen molar-refractivity contribution in [3.05, 3.63) is 58.8 Å². The molecule has 0 radical (unpaired) electrons. The van der Waals surface area contributed by atoms with E-state index in [1.165, 1.54) is 4.68 Å². The Labute approximate surface area is 119 Å². The van der Waals surface area contributed by atoms with Crippen molar-refractivity contribution in [2.75, 3.05) is 0 Å². The summed E-state index contributed by atoms with van der Waals surface area (Å²) in [5, 5.41) is 12.9. The van der Waals surface area contributed by atoms with Crippen molar-refractivity contribution in [2.45, 2.75) is 0 Å². The molecule has 2 heterocycles. The van der Waals surface area contributed by atoms with Crippen molar-refractivity contribution in [3.8, 4) is 17.1 Å². The summed E-state index contributed by atoms with van der Waals surface area (Å²) in [6, 6.07) is 14.9. The maximum absolute atomic E-state index is 6.17. The quantitative estimate of drug-likeness (QED) is 0.724. The molecule has 0 N–H and O–H groups in total. The largest absolute Gasteiger partial charge is 0.201 e. The van der Waals surface area contributed by atoms with Gasteiger partial charge in [-0.15, -0.1) is 10.2 Å². The van der Waals surface area contributed by atoms with Crippen LogP contribution in [0.1, 0.15) is 0 Å². The first-order valence-electron chi connectivity index (χ1n) is 5.54. The lowest BCUT2D eigenvalue weighted by atomic mass is 10.2. The van der Waals surface area contributed by atoms with Gasteiger partial charge in [-0.1, -0.05) is 53.5 Å². The Kier molecular flexibility index (Phi) is 3.19. The molecule has 0 bridgehead atoms. The Morgan fingerprint density at radius 3 is 2.37 bits per heavy atom. The molecule has 0 saturated heterocycles. The Hall–Kier alpha value is -1.91. The van der Waals surface area contributed by atoms with Gasteiger partial charge in [0.2, 0.25) is 0 Å². The lowest BCUT2D eigenvalue weighted by Crippen LogP contribution is -2.01. The maximum Gasteiger partial charge on any atom is 0.177 e. The summed E-state index contributed by atoms with van der Waals surface area (Å²) >= 11 is 11.9. The number of rotatable bonds is 2. The van der Waals surface area contributed by atoms with Gasteiger partial charge in [0.25, 0.3) is 0 Å². The van der Waals surface area contributed by atoms with Gasteiger partial charge in [-0.3, -0.25) is 0 Å². The number of nitrogens with zero attached hydrogens (tertiary/aromatic N) is 4. The van der Waals surface area contributed by atoms with Crippen LogP contribution in [0, 0.1) is 0 Å². The van der Waals surface area contributed by atoms with Gasteiger partial charge in [-0.05, 0) is 12.1 Å². The zero-order valence-corrected chi connectivity index (χ0v) is 11.2. The van der Waals surface area contributed by atoms with Crippen molar-refractivity contribution in [1.82, 2.24) is 20.0 Å². The Morgan fingerprint density at radius 1 is 0.895 bits per heavy atom. The molecule has 6 heteroatoms. The fourth-order valence-corrected chi connectivity index (χ4v) is 2.02. The van der Waals surface area contributed by atoms with E-state index in [9.17, 15) is 0 Å². The number of hydrogen-bond donors (Lipinski definition) is 0. The third-order valence-corrected chi connectivity index (χ3v) is 3.04. The molecule has 0 aliphatic heterocycles. The monoisotopic (exact) mass is 290 g/mol. The van der Waals surface area contributed by atoms with Crippen LogP contribution in [-0.4, -0.2) is 20.0 Å². The van der Waals surface area contributed by atoms with Crippen LogP contribution in [0.5, 0.6) is 0 Å². The lowest BCUT2D eigenvalue weighted by molar-refractivity contribution is 0.818. The molecule has 2 aromatic heterocycles. The summed E-state index contributed by atoms with van der Waals surface area (Å²) in [4.78, 5) is 0. The molecule has 3 rings (SSSR count). The van der Waals surface area contributed by atoms with Gasteiger partial charge in [0, 0.05) is 11.6 Å². The van der Waals surface area contributed by atoms with Crippen LogP contribution in [0.4, 0.5) is 0 Å². The molecule has 0 unspecified atom stereocenters. The van der Waals surface area contributed by atoms with Crippen LogP contribution in [0.3, 0.4) is 0 Å². The van der Waals surface area contributed by atoms with Gasteiger partial charge in [-0.25, -0.2) is 4.68 Å². The van der Waals surface area contributed by atoms with Crippen molar-refractivity contribution in [1.29, 1.82) is 0 Å². The second kappa shape index (κ2) is 4.99. The van der Waals surface area contributed by atoms with Crippen molar-refractivity contribution in [3.63, 3.8) is 0 Å². The molecular formula is C13H8Cl2N4. The van der Waals surface area contributed by atoms with Gasteiger partial charge in [0.1, 0.15) is 5.15 Å². The molecule has 94 valence electrons. The van der Waals surface area contributed by atoms with Crippen LogP contribution in [0.15, 0.2) is 48.5 Å². The van der Waals surface area contributed by atoms with Crippen molar-refractivity contribution < 1.29 is 0 Å². The van der Waals surface area contributed by atoms with Gasteiger partial charge in [0.15, 0.2) is 11.0 Å².